The van der Waals surface area contributed by atoms with Gasteiger partial charge in [0.25, 0.3) is 0 Å². The molecule has 4 heterocycles. The first-order valence-corrected chi connectivity index (χ1v) is 7.67. The van der Waals surface area contributed by atoms with Crippen LogP contribution in [0.25, 0.3) is 0 Å². The van der Waals surface area contributed by atoms with Crippen molar-refractivity contribution < 1.29 is 14.3 Å². The van der Waals surface area contributed by atoms with E-state index >= 15 is 0 Å². The molecule has 1 aromatic heterocycles. The Hall–Kier alpha value is -2.02. The van der Waals surface area contributed by atoms with Gasteiger partial charge >= 0.3 is 0 Å². The fourth-order valence-corrected chi connectivity index (χ4v) is 3.69. The van der Waals surface area contributed by atoms with Crippen LogP contribution in [0.2, 0.25) is 0 Å². The van der Waals surface area contributed by atoms with E-state index in [1.807, 2.05) is 4.90 Å². The molecular formula is C15H18N4O3. The fraction of sp³-hybridized carbons (Fsp3) is 0.600. The van der Waals surface area contributed by atoms with E-state index in [4.69, 9.17) is 4.74 Å². The van der Waals surface area contributed by atoms with Crippen molar-refractivity contribution in [3.05, 3.63) is 18.7 Å². The van der Waals surface area contributed by atoms with Crippen LogP contribution in [0.1, 0.15) is 6.42 Å². The van der Waals surface area contributed by atoms with Crippen molar-refractivity contribution in [3.63, 3.8) is 0 Å². The summed E-state index contributed by atoms with van der Waals surface area (Å²) in [5.41, 5.74) is 0.740. The van der Waals surface area contributed by atoms with Gasteiger partial charge in [-0.15, -0.1) is 0 Å². The molecule has 0 N–H and O–H groups in total. The predicted octanol–water partition coefficient (Wildman–Crippen LogP) is -0.0657. The summed E-state index contributed by atoms with van der Waals surface area (Å²) in [7, 11) is 0. The Balaban J connectivity index is 1.45. The van der Waals surface area contributed by atoms with Gasteiger partial charge < -0.3 is 14.5 Å². The zero-order chi connectivity index (χ0) is 15.1. The number of nitrogens with zero attached hydrogens (tertiary/aromatic N) is 4. The van der Waals surface area contributed by atoms with E-state index in [2.05, 4.69) is 9.97 Å². The lowest BCUT2D eigenvalue weighted by Gasteiger charge is -2.23. The van der Waals surface area contributed by atoms with Crippen LogP contribution in [0.4, 0.5) is 5.69 Å². The maximum atomic E-state index is 12.6. The number of carbonyl (C=O) groups excluding carboxylic acids is 2. The second kappa shape index (κ2) is 5.31. The number of amides is 2. The number of hydrogen-bond donors (Lipinski definition) is 0. The Labute approximate surface area is 128 Å². The second-order valence-electron chi connectivity index (χ2n) is 6.22. The quantitative estimate of drug-likeness (QED) is 0.765. The first kappa shape index (κ1) is 13.6. The van der Waals surface area contributed by atoms with E-state index in [1.165, 1.54) is 6.33 Å². The Kier molecular flexibility index (Phi) is 3.29. The molecule has 7 heteroatoms. The number of rotatable bonds is 2. The van der Waals surface area contributed by atoms with E-state index < -0.39 is 0 Å². The third-order valence-electron chi connectivity index (χ3n) is 4.89. The van der Waals surface area contributed by atoms with Crippen LogP contribution < -0.4 is 4.90 Å². The highest BCUT2D eigenvalue weighted by Crippen LogP contribution is 2.35. The Morgan fingerprint density at radius 2 is 2.05 bits per heavy atom. The predicted molar refractivity (Wildman–Crippen MR) is 76.9 cm³/mol. The molecule has 3 atom stereocenters. The molecular weight excluding hydrogens is 284 g/mol. The van der Waals surface area contributed by atoms with Gasteiger partial charge in [-0.1, -0.05) is 0 Å². The van der Waals surface area contributed by atoms with Crippen molar-refractivity contribution in [2.45, 2.75) is 6.42 Å². The normalized spacial score (nSPS) is 30.9. The van der Waals surface area contributed by atoms with Crippen LogP contribution in [0.3, 0.4) is 0 Å². The molecule has 2 amide bonds. The molecule has 3 fully saturated rings. The molecule has 0 radical (unpaired) electrons. The largest absolute Gasteiger partial charge is 0.381 e. The Bertz CT molecular complexity index is 588. The van der Waals surface area contributed by atoms with Crippen molar-refractivity contribution in [1.29, 1.82) is 0 Å². The molecule has 0 aromatic carbocycles. The van der Waals surface area contributed by atoms with E-state index in [1.54, 1.807) is 17.3 Å². The number of aromatic nitrogens is 2. The monoisotopic (exact) mass is 302 g/mol. The molecule has 0 bridgehead atoms. The lowest BCUT2D eigenvalue weighted by Crippen LogP contribution is -2.38. The summed E-state index contributed by atoms with van der Waals surface area (Å²) >= 11 is 0. The van der Waals surface area contributed by atoms with Gasteiger partial charge in [-0.3, -0.25) is 9.59 Å². The van der Waals surface area contributed by atoms with Gasteiger partial charge in [-0.05, 0) is 6.42 Å². The molecule has 3 aliphatic rings. The van der Waals surface area contributed by atoms with Gasteiger partial charge in [0, 0.05) is 32.2 Å². The van der Waals surface area contributed by atoms with Crippen LogP contribution in [-0.4, -0.2) is 59.5 Å². The van der Waals surface area contributed by atoms with E-state index in [0.717, 1.165) is 12.1 Å². The minimum absolute atomic E-state index is 0.0208. The third kappa shape index (κ3) is 2.16. The van der Waals surface area contributed by atoms with Crippen LogP contribution in [0.5, 0.6) is 0 Å². The number of fused-ring (bicyclic) bond motifs is 1. The van der Waals surface area contributed by atoms with Gasteiger partial charge in [-0.25, -0.2) is 9.97 Å². The van der Waals surface area contributed by atoms with Gasteiger partial charge in [0.2, 0.25) is 11.8 Å². The molecule has 3 saturated heterocycles. The zero-order valence-corrected chi connectivity index (χ0v) is 12.2. The first-order valence-electron chi connectivity index (χ1n) is 7.67. The molecule has 3 aliphatic heterocycles. The second-order valence-corrected chi connectivity index (χ2v) is 6.22. The Morgan fingerprint density at radius 1 is 1.23 bits per heavy atom. The summed E-state index contributed by atoms with van der Waals surface area (Å²) in [5.74, 6) is 0.324. The SMILES string of the molecule is O=C([C@@H]1CCOC1)N1C[C@H]2CN(c3cncnc3)C(=O)[C@H]2C1. The van der Waals surface area contributed by atoms with Crippen LogP contribution in [0, 0.1) is 17.8 Å². The highest BCUT2D eigenvalue weighted by molar-refractivity contribution is 5.98. The topological polar surface area (TPSA) is 75.6 Å². The molecule has 0 spiro atoms. The lowest BCUT2D eigenvalue weighted by atomic mass is 10.0. The number of likely N-dealkylation sites (tertiary alicyclic amines) is 1. The zero-order valence-electron chi connectivity index (χ0n) is 12.2. The molecule has 0 unspecified atom stereocenters. The van der Waals surface area contributed by atoms with Gasteiger partial charge in [0.05, 0.1) is 36.5 Å². The van der Waals surface area contributed by atoms with Crippen molar-refractivity contribution >= 4 is 17.5 Å². The van der Waals surface area contributed by atoms with E-state index in [-0.39, 0.29) is 29.6 Å². The molecule has 0 aliphatic carbocycles. The minimum Gasteiger partial charge on any atom is -0.381 e. The van der Waals surface area contributed by atoms with E-state index in [0.29, 0.717) is 32.8 Å². The van der Waals surface area contributed by atoms with Crippen molar-refractivity contribution in [2.75, 3.05) is 37.7 Å². The number of carbonyl (C=O) groups is 2. The highest BCUT2D eigenvalue weighted by atomic mass is 16.5. The molecule has 22 heavy (non-hydrogen) atoms. The molecule has 4 rings (SSSR count). The van der Waals surface area contributed by atoms with Crippen LogP contribution >= 0.6 is 0 Å². The van der Waals surface area contributed by atoms with Crippen molar-refractivity contribution in [3.8, 4) is 0 Å². The average Bonchev–Trinajstić information content (AvgIpc) is 3.25. The van der Waals surface area contributed by atoms with Gasteiger partial charge in [-0.2, -0.15) is 0 Å². The number of ether oxygens (including phenoxy) is 1. The molecule has 0 saturated carbocycles. The minimum atomic E-state index is -0.0912. The van der Waals surface area contributed by atoms with Gasteiger partial charge in [0.1, 0.15) is 6.33 Å². The van der Waals surface area contributed by atoms with Crippen LogP contribution in [0.15, 0.2) is 18.7 Å². The highest BCUT2D eigenvalue weighted by Gasteiger charge is 2.48. The average molecular weight is 302 g/mol. The standard InChI is InChI=1S/C15H18N4O3/c20-14(10-1-2-22-8-10)18-5-11-6-19(15(21)13(11)7-18)12-3-16-9-17-4-12/h3-4,9-11,13H,1-2,5-8H2/t10-,11+,13+/m1/s1. The van der Waals surface area contributed by atoms with Crippen molar-refractivity contribution in [1.82, 2.24) is 14.9 Å². The third-order valence-corrected chi connectivity index (χ3v) is 4.89. The molecule has 116 valence electrons. The maximum Gasteiger partial charge on any atom is 0.232 e. The summed E-state index contributed by atoms with van der Waals surface area (Å²) in [4.78, 5) is 36.6. The van der Waals surface area contributed by atoms with Crippen molar-refractivity contribution in [2.24, 2.45) is 17.8 Å². The summed E-state index contributed by atoms with van der Waals surface area (Å²) in [6.07, 6.45) is 5.57. The summed E-state index contributed by atoms with van der Waals surface area (Å²) < 4.78 is 5.29. The van der Waals surface area contributed by atoms with Crippen LogP contribution in [-0.2, 0) is 14.3 Å². The number of hydrogen-bond acceptors (Lipinski definition) is 5. The van der Waals surface area contributed by atoms with E-state index in [9.17, 15) is 9.59 Å². The lowest BCUT2D eigenvalue weighted by molar-refractivity contribution is -0.134. The summed E-state index contributed by atoms with van der Waals surface area (Å²) in [6, 6.07) is 0. The maximum absolute atomic E-state index is 12.6. The van der Waals surface area contributed by atoms with Gasteiger partial charge in [0.15, 0.2) is 0 Å². The fourth-order valence-electron chi connectivity index (χ4n) is 3.69. The Morgan fingerprint density at radius 3 is 2.73 bits per heavy atom. The summed E-state index contributed by atoms with van der Waals surface area (Å²) in [5, 5.41) is 0. The smallest absolute Gasteiger partial charge is 0.232 e. The molecule has 1 aromatic rings. The first-order chi connectivity index (χ1) is 10.7. The number of anilines is 1. The molecule has 7 nitrogen and oxygen atoms in total. The summed E-state index contributed by atoms with van der Waals surface area (Å²) in [6.45, 7) is 3.02.